The first kappa shape index (κ1) is 21.4. The van der Waals surface area contributed by atoms with E-state index in [0.29, 0.717) is 11.3 Å². The van der Waals surface area contributed by atoms with Gasteiger partial charge < -0.3 is 5.32 Å². The number of rotatable bonds is 5. The first-order valence-corrected chi connectivity index (χ1v) is 11.5. The van der Waals surface area contributed by atoms with E-state index in [1.54, 1.807) is 0 Å². The molecule has 0 radical (unpaired) electrons. The lowest BCUT2D eigenvalue weighted by Gasteiger charge is -2.32. The Morgan fingerprint density at radius 3 is 2.55 bits per heavy atom. The molecule has 170 valence electrons. The topological polar surface area (TPSA) is 71.6 Å². The molecule has 7 nitrogen and oxygen atoms in total. The van der Waals surface area contributed by atoms with Gasteiger partial charge in [0.2, 0.25) is 5.91 Å². The Morgan fingerprint density at radius 1 is 1.03 bits per heavy atom. The van der Waals surface area contributed by atoms with Crippen LogP contribution in [-0.2, 0) is 17.9 Å². The fraction of sp³-hybridized carbons (Fsp3) is 0.346. The molecule has 0 saturated carbocycles. The molecule has 0 unspecified atom stereocenters. The van der Waals surface area contributed by atoms with Gasteiger partial charge in [-0.15, -0.1) is 0 Å². The van der Waals surface area contributed by atoms with Crippen molar-refractivity contribution in [3.8, 4) is 0 Å². The van der Waals surface area contributed by atoms with Crippen molar-refractivity contribution in [2.45, 2.75) is 45.8 Å². The maximum absolute atomic E-state index is 13.1. The van der Waals surface area contributed by atoms with Gasteiger partial charge in [0.1, 0.15) is 17.9 Å². The molecule has 1 amide bonds. The molecule has 0 bridgehead atoms. The lowest BCUT2D eigenvalue weighted by Crippen LogP contribution is -2.46. The van der Waals surface area contributed by atoms with Crippen LogP contribution in [0.15, 0.2) is 59.4 Å². The Bertz CT molecular complexity index is 1360. The number of likely N-dealkylation sites (tertiary alicyclic amines) is 1. The second kappa shape index (κ2) is 8.83. The number of carbonyl (C=O) groups excluding carboxylic acids is 1. The van der Waals surface area contributed by atoms with E-state index in [9.17, 15) is 9.59 Å². The Morgan fingerprint density at radius 2 is 1.79 bits per heavy atom. The standard InChI is InChI=1S/C26H29N5O2/c1-18-8-9-23-21(14-18)15-24-26(33)30(28-19(2)31(23)24)17-25(32)27-22-10-12-29(13-11-22)16-20-6-4-3-5-7-20/h3-9,14-15,22H,10-13,16-17H2,1-2H3,(H,27,32). The molecule has 1 N–H and O–H groups in total. The van der Waals surface area contributed by atoms with Gasteiger partial charge in [0, 0.05) is 31.1 Å². The van der Waals surface area contributed by atoms with Crippen LogP contribution in [0.2, 0.25) is 0 Å². The van der Waals surface area contributed by atoms with Crippen LogP contribution in [0.4, 0.5) is 0 Å². The lowest BCUT2D eigenvalue weighted by molar-refractivity contribution is -0.123. The van der Waals surface area contributed by atoms with Gasteiger partial charge in [-0.05, 0) is 50.5 Å². The highest BCUT2D eigenvalue weighted by molar-refractivity contribution is 5.87. The second-order valence-electron chi connectivity index (χ2n) is 9.04. The molecule has 1 aliphatic heterocycles. The van der Waals surface area contributed by atoms with Crippen molar-refractivity contribution in [3.63, 3.8) is 0 Å². The molecule has 0 atom stereocenters. The number of carbonyl (C=O) groups is 1. The van der Waals surface area contributed by atoms with Gasteiger partial charge in [-0.1, -0.05) is 42.0 Å². The van der Waals surface area contributed by atoms with Gasteiger partial charge in [-0.2, -0.15) is 5.10 Å². The third kappa shape index (κ3) is 4.41. The summed E-state index contributed by atoms with van der Waals surface area (Å²) in [6, 6.07) is 18.6. The zero-order valence-electron chi connectivity index (χ0n) is 19.1. The van der Waals surface area contributed by atoms with Crippen LogP contribution < -0.4 is 10.9 Å². The van der Waals surface area contributed by atoms with Crippen molar-refractivity contribution in [3.05, 3.63) is 81.9 Å². The molecule has 4 aromatic rings. The zero-order chi connectivity index (χ0) is 22.9. The summed E-state index contributed by atoms with van der Waals surface area (Å²) in [7, 11) is 0. The van der Waals surface area contributed by atoms with E-state index in [0.717, 1.165) is 48.9 Å². The summed E-state index contributed by atoms with van der Waals surface area (Å²) < 4.78 is 3.16. The SMILES string of the molecule is Cc1ccc2c(c1)cc1c(=O)n(CC(=O)NC3CCN(Cc4ccccc4)CC3)nc(C)n12. The Labute approximate surface area is 192 Å². The highest BCUT2D eigenvalue weighted by Gasteiger charge is 2.21. The summed E-state index contributed by atoms with van der Waals surface area (Å²) >= 11 is 0. The van der Waals surface area contributed by atoms with Gasteiger partial charge in [0.05, 0.1) is 5.52 Å². The Hall–Kier alpha value is -3.45. The normalized spacial score (nSPS) is 15.3. The van der Waals surface area contributed by atoms with Crippen molar-refractivity contribution in [1.29, 1.82) is 0 Å². The number of hydrogen-bond donors (Lipinski definition) is 1. The summed E-state index contributed by atoms with van der Waals surface area (Å²) in [4.78, 5) is 28.2. The number of nitrogens with zero attached hydrogens (tertiary/aromatic N) is 4. The second-order valence-corrected chi connectivity index (χ2v) is 9.04. The predicted molar refractivity (Wildman–Crippen MR) is 129 cm³/mol. The van der Waals surface area contributed by atoms with Crippen LogP contribution in [0, 0.1) is 13.8 Å². The molecule has 2 aromatic heterocycles. The molecule has 1 saturated heterocycles. The minimum Gasteiger partial charge on any atom is -0.352 e. The summed E-state index contributed by atoms with van der Waals surface area (Å²) in [5, 5.41) is 8.55. The zero-order valence-corrected chi connectivity index (χ0v) is 19.1. The summed E-state index contributed by atoms with van der Waals surface area (Å²) in [5.41, 5.74) is 3.70. The van der Waals surface area contributed by atoms with Crippen molar-refractivity contribution in [2.24, 2.45) is 0 Å². The van der Waals surface area contributed by atoms with E-state index < -0.39 is 0 Å². The van der Waals surface area contributed by atoms with Crippen molar-refractivity contribution < 1.29 is 4.79 Å². The van der Waals surface area contributed by atoms with Crippen LogP contribution in [0.3, 0.4) is 0 Å². The molecule has 3 heterocycles. The van der Waals surface area contributed by atoms with Gasteiger partial charge >= 0.3 is 0 Å². The number of benzene rings is 2. The number of aryl methyl sites for hydroxylation is 2. The Balaban J connectivity index is 1.25. The molecular weight excluding hydrogens is 414 g/mol. The Kier molecular flexibility index (Phi) is 5.72. The summed E-state index contributed by atoms with van der Waals surface area (Å²) in [5.74, 6) is 0.521. The largest absolute Gasteiger partial charge is 0.352 e. The number of piperidine rings is 1. The van der Waals surface area contributed by atoms with Crippen LogP contribution in [-0.4, -0.2) is 44.1 Å². The van der Waals surface area contributed by atoms with E-state index >= 15 is 0 Å². The maximum Gasteiger partial charge on any atom is 0.291 e. The smallest absolute Gasteiger partial charge is 0.291 e. The average Bonchev–Trinajstić information content (AvgIpc) is 3.18. The van der Waals surface area contributed by atoms with E-state index in [4.69, 9.17) is 0 Å². The molecule has 33 heavy (non-hydrogen) atoms. The van der Waals surface area contributed by atoms with Crippen LogP contribution in [0.1, 0.15) is 29.8 Å². The third-order valence-electron chi connectivity index (χ3n) is 6.49. The molecule has 0 spiro atoms. The number of aromatic nitrogens is 3. The van der Waals surface area contributed by atoms with Gasteiger partial charge in [-0.3, -0.25) is 18.9 Å². The van der Waals surface area contributed by atoms with Crippen LogP contribution >= 0.6 is 0 Å². The molecule has 1 aliphatic rings. The number of fused-ring (bicyclic) bond motifs is 3. The molecule has 0 aliphatic carbocycles. The van der Waals surface area contributed by atoms with Crippen LogP contribution in [0.5, 0.6) is 0 Å². The van der Waals surface area contributed by atoms with Gasteiger partial charge in [-0.25, -0.2) is 4.68 Å². The summed E-state index contributed by atoms with van der Waals surface area (Å²) in [6.07, 6.45) is 1.81. The number of nitrogens with one attached hydrogen (secondary N) is 1. The molecule has 5 rings (SSSR count). The lowest BCUT2D eigenvalue weighted by atomic mass is 10.0. The van der Waals surface area contributed by atoms with E-state index in [1.165, 1.54) is 10.2 Å². The molecule has 2 aromatic carbocycles. The quantitative estimate of drug-likeness (QED) is 0.515. The highest BCUT2D eigenvalue weighted by Crippen LogP contribution is 2.20. The van der Waals surface area contributed by atoms with Crippen molar-refractivity contribution in [1.82, 2.24) is 24.4 Å². The van der Waals surface area contributed by atoms with Crippen molar-refractivity contribution >= 4 is 22.3 Å². The molecule has 1 fully saturated rings. The van der Waals surface area contributed by atoms with Gasteiger partial charge in [0.25, 0.3) is 5.56 Å². The summed E-state index contributed by atoms with van der Waals surface area (Å²) in [6.45, 7) is 6.65. The minimum absolute atomic E-state index is 0.0685. The minimum atomic E-state index is -0.248. The fourth-order valence-corrected chi connectivity index (χ4v) is 4.83. The number of hydrogen-bond acceptors (Lipinski definition) is 4. The number of amides is 1. The predicted octanol–water partition coefficient (Wildman–Crippen LogP) is 3.05. The van der Waals surface area contributed by atoms with E-state index in [1.807, 2.05) is 42.5 Å². The van der Waals surface area contributed by atoms with Crippen LogP contribution in [0.25, 0.3) is 16.4 Å². The maximum atomic E-state index is 13.1. The first-order chi connectivity index (χ1) is 16.0. The van der Waals surface area contributed by atoms with E-state index in [-0.39, 0.29) is 24.1 Å². The van der Waals surface area contributed by atoms with Crippen molar-refractivity contribution in [2.75, 3.05) is 13.1 Å². The molecule has 7 heteroatoms. The fourth-order valence-electron chi connectivity index (χ4n) is 4.83. The van der Waals surface area contributed by atoms with E-state index in [2.05, 4.69) is 45.6 Å². The molecular formula is C26H29N5O2. The average molecular weight is 444 g/mol. The third-order valence-corrected chi connectivity index (χ3v) is 6.49. The van der Waals surface area contributed by atoms with Gasteiger partial charge in [0.15, 0.2) is 0 Å². The monoisotopic (exact) mass is 443 g/mol. The highest BCUT2D eigenvalue weighted by atomic mass is 16.2. The first-order valence-electron chi connectivity index (χ1n) is 11.5.